The molecule has 5 nitrogen and oxygen atoms in total. The van der Waals surface area contributed by atoms with Gasteiger partial charge in [0.25, 0.3) is 0 Å². The number of hydrogen-bond donors (Lipinski definition) is 2. The second kappa shape index (κ2) is 6.54. The van der Waals surface area contributed by atoms with E-state index in [4.69, 9.17) is 10.6 Å². The molecule has 2 rings (SSSR count). The Bertz CT molecular complexity index is 626. The highest BCUT2D eigenvalue weighted by Crippen LogP contribution is 2.30. The molecule has 2 aromatic rings. The molecule has 0 saturated heterocycles. The van der Waals surface area contributed by atoms with Gasteiger partial charge in [0.1, 0.15) is 11.6 Å². The second-order valence-corrected chi connectivity index (χ2v) is 5.22. The van der Waals surface area contributed by atoms with Crippen molar-refractivity contribution in [1.29, 1.82) is 0 Å². The SMILES string of the molecule is CCc1ccccc1Oc1nc(C(C)C)nc(NN)c1C. The van der Waals surface area contributed by atoms with Crippen molar-refractivity contribution in [2.24, 2.45) is 5.84 Å². The van der Waals surface area contributed by atoms with Crippen LogP contribution in [0.5, 0.6) is 11.6 Å². The van der Waals surface area contributed by atoms with Gasteiger partial charge < -0.3 is 10.2 Å². The molecule has 0 bridgehead atoms. The van der Waals surface area contributed by atoms with Crippen LogP contribution in [0.3, 0.4) is 0 Å². The minimum absolute atomic E-state index is 0.196. The Kier molecular flexibility index (Phi) is 4.75. The van der Waals surface area contributed by atoms with E-state index in [0.717, 1.165) is 23.3 Å². The Morgan fingerprint density at radius 3 is 2.57 bits per heavy atom. The van der Waals surface area contributed by atoms with Gasteiger partial charge in [0.2, 0.25) is 5.88 Å². The fourth-order valence-corrected chi connectivity index (χ4v) is 2.01. The Hall–Kier alpha value is -2.14. The van der Waals surface area contributed by atoms with Crippen molar-refractivity contribution >= 4 is 5.82 Å². The van der Waals surface area contributed by atoms with Crippen molar-refractivity contribution in [3.8, 4) is 11.6 Å². The summed E-state index contributed by atoms with van der Waals surface area (Å²) >= 11 is 0. The van der Waals surface area contributed by atoms with Crippen LogP contribution in [0, 0.1) is 6.92 Å². The monoisotopic (exact) mass is 286 g/mol. The molecule has 3 N–H and O–H groups in total. The molecule has 0 aliphatic carbocycles. The maximum absolute atomic E-state index is 6.02. The zero-order chi connectivity index (χ0) is 15.4. The van der Waals surface area contributed by atoms with Crippen LogP contribution in [0.2, 0.25) is 0 Å². The average Bonchev–Trinajstić information content (AvgIpc) is 2.49. The molecule has 0 aliphatic heterocycles. The van der Waals surface area contributed by atoms with Crippen molar-refractivity contribution in [2.75, 3.05) is 5.43 Å². The number of rotatable bonds is 5. The number of nitrogens with two attached hydrogens (primary N) is 1. The lowest BCUT2D eigenvalue weighted by Gasteiger charge is -2.15. The predicted molar refractivity (Wildman–Crippen MR) is 84.6 cm³/mol. The van der Waals surface area contributed by atoms with E-state index in [-0.39, 0.29) is 5.92 Å². The minimum Gasteiger partial charge on any atom is -0.438 e. The molecule has 5 heteroatoms. The number of ether oxygens (including phenoxy) is 1. The van der Waals surface area contributed by atoms with Gasteiger partial charge >= 0.3 is 0 Å². The molecule has 1 aromatic heterocycles. The van der Waals surface area contributed by atoms with Crippen LogP contribution < -0.4 is 16.0 Å². The summed E-state index contributed by atoms with van der Waals surface area (Å²) < 4.78 is 6.02. The first-order valence-electron chi connectivity index (χ1n) is 7.17. The van der Waals surface area contributed by atoms with Crippen LogP contribution in [0.25, 0.3) is 0 Å². The topological polar surface area (TPSA) is 73.1 Å². The molecule has 0 saturated carbocycles. The molecule has 21 heavy (non-hydrogen) atoms. The van der Waals surface area contributed by atoms with Crippen LogP contribution in [0.1, 0.15) is 43.6 Å². The number of para-hydroxylation sites is 1. The Morgan fingerprint density at radius 1 is 1.24 bits per heavy atom. The molecule has 1 heterocycles. The van der Waals surface area contributed by atoms with Crippen molar-refractivity contribution in [2.45, 2.75) is 40.0 Å². The lowest BCUT2D eigenvalue weighted by atomic mass is 10.1. The molecular formula is C16H22N4O. The largest absolute Gasteiger partial charge is 0.438 e. The maximum Gasteiger partial charge on any atom is 0.227 e. The summed E-state index contributed by atoms with van der Waals surface area (Å²) in [5.41, 5.74) is 4.56. The summed E-state index contributed by atoms with van der Waals surface area (Å²) in [6.45, 7) is 8.06. The van der Waals surface area contributed by atoms with Gasteiger partial charge in [-0.2, -0.15) is 4.98 Å². The summed E-state index contributed by atoms with van der Waals surface area (Å²) in [6, 6.07) is 7.96. The quantitative estimate of drug-likeness (QED) is 0.649. The van der Waals surface area contributed by atoms with Crippen LogP contribution in [-0.2, 0) is 6.42 Å². The molecule has 0 amide bonds. The minimum atomic E-state index is 0.196. The van der Waals surface area contributed by atoms with Gasteiger partial charge in [-0.15, -0.1) is 0 Å². The molecule has 0 fully saturated rings. The number of benzene rings is 1. The lowest BCUT2D eigenvalue weighted by Crippen LogP contribution is -2.13. The van der Waals surface area contributed by atoms with Gasteiger partial charge in [-0.1, -0.05) is 39.0 Å². The number of nitrogen functional groups attached to an aromatic ring is 1. The van der Waals surface area contributed by atoms with Gasteiger partial charge in [0.15, 0.2) is 5.82 Å². The molecular weight excluding hydrogens is 264 g/mol. The van der Waals surface area contributed by atoms with Crippen molar-refractivity contribution in [3.05, 3.63) is 41.2 Å². The number of aromatic nitrogens is 2. The third kappa shape index (κ3) is 3.31. The highest BCUT2D eigenvalue weighted by Gasteiger charge is 2.15. The summed E-state index contributed by atoms with van der Waals surface area (Å²) in [5, 5.41) is 0. The smallest absolute Gasteiger partial charge is 0.227 e. The molecule has 0 spiro atoms. The van der Waals surface area contributed by atoms with E-state index in [1.807, 2.05) is 39.0 Å². The van der Waals surface area contributed by atoms with Crippen LogP contribution >= 0.6 is 0 Å². The highest BCUT2D eigenvalue weighted by atomic mass is 16.5. The third-order valence-corrected chi connectivity index (χ3v) is 3.33. The predicted octanol–water partition coefficient (Wildman–Crippen LogP) is 3.55. The summed E-state index contributed by atoms with van der Waals surface area (Å²) in [6.07, 6.45) is 0.902. The van der Waals surface area contributed by atoms with E-state index in [0.29, 0.717) is 17.5 Å². The van der Waals surface area contributed by atoms with Gasteiger partial charge in [0, 0.05) is 5.92 Å². The average molecular weight is 286 g/mol. The first-order valence-corrected chi connectivity index (χ1v) is 7.17. The zero-order valence-electron chi connectivity index (χ0n) is 13.0. The number of anilines is 1. The van der Waals surface area contributed by atoms with Gasteiger partial charge in [0.05, 0.1) is 5.56 Å². The fourth-order valence-electron chi connectivity index (χ4n) is 2.01. The lowest BCUT2D eigenvalue weighted by molar-refractivity contribution is 0.448. The molecule has 0 radical (unpaired) electrons. The van der Waals surface area contributed by atoms with E-state index >= 15 is 0 Å². The third-order valence-electron chi connectivity index (χ3n) is 3.33. The maximum atomic E-state index is 6.02. The summed E-state index contributed by atoms with van der Waals surface area (Å²) in [5.74, 6) is 8.40. The highest BCUT2D eigenvalue weighted by molar-refractivity contribution is 5.49. The van der Waals surface area contributed by atoms with Crippen molar-refractivity contribution in [3.63, 3.8) is 0 Å². The van der Waals surface area contributed by atoms with E-state index in [1.165, 1.54) is 0 Å². The van der Waals surface area contributed by atoms with Crippen molar-refractivity contribution in [1.82, 2.24) is 9.97 Å². The Morgan fingerprint density at radius 2 is 1.95 bits per heavy atom. The van der Waals surface area contributed by atoms with E-state index in [2.05, 4.69) is 28.4 Å². The summed E-state index contributed by atoms with van der Waals surface area (Å²) in [7, 11) is 0. The van der Waals surface area contributed by atoms with Crippen molar-refractivity contribution < 1.29 is 4.74 Å². The van der Waals surface area contributed by atoms with Gasteiger partial charge in [-0.05, 0) is 25.0 Å². The summed E-state index contributed by atoms with van der Waals surface area (Å²) in [4.78, 5) is 8.93. The molecule has 0 aliphatic rings. The first-order chi connectivity index (χ1) is 10.1. The van der Waals surface area contributed by atoms with Gasteiger partial charge in [-0.25, -0.2) is 10.8 Å². The van der Waals surface area contributed by atoms with E-state index in [9.17, 15) is 0 Å². The molecule has 0 atom stereocenters. The van der Waals surface area contributed by atoms with Gasteiger partial charge in [-0.3, -0.25) is 0 Å². The first kappa shape index (κ1) is 15.3. The van der Waals surface area contributed by atoms with E-state index in [1.54, 1.807) is 0 Å². The number of hydrogen-bond acceptors (Lipinski definition) is 5. The number of nitrogens with zero attached hydrogens (tertiary/aromatic N) is 2. The Labute approximate surface area is 125 Å². The second-order valence-electron chi connectivity index (χ2n) is 5.22. The number of aryl methyl sites for hydroxylation is 1. The Balaban J connectivity index is 2.45. The molecule has 112 valence electrons. The number of nitrogens with one attached hydrogen (secondary N) is 1. The molecule has 0 unspecified atom stereocenters. The van der Waals surface area contributed by atoms with E-state index < -0.39 is 0 Å². The zero-order valence-corrected chi connectivity index (χ0v) is 13.0. The van der Waals surface area contributed by atoms with Crippen LogP contribution in [-0.4, -0.2) is 9.97 Å². The van der Waals surface area contributed by atoms with Crippen LogP contribution in [0.4, 0.5) is 5.82 Å². The standard InChI is InChI=1S/C16H22N4O/c1-5-12-8-6-7-9-13(12)21-16-11(4)15(20-17)18-14(19-16)10(2)3/h6-10H,5,17H2,1-4H3,(H,18,19,20). The van der Waals surface area contributed by atoms with Crippen LogP contribution in [0.15, 0.2) is 24.3 Å². The molecule has 1 aromatic carbocycles. The normalized spacial score (nSPS) is 10.8. The fraction of sp³-hybridized carbons (Fsp3) is 0.375. The number of hydrazine groups is 1.